The van der Waals surface area contributed by atoms with Gasteiger partial charge in [0.25, 0.3) is 0 Å². The standard InChI is InChI=1S/C24H19ClO4/c1-16-5-3-4-6-20(16)24(27)29-22-14-8-17(15-23(22)28-2)7-13-21(26)18-9-11-19(25)12-10-18/h3-15H,1-2H3/b13-7+. The van der Waals surface area contributed by atoms with Crippen molar-refractivity contribution in [2.45, 2.75) is 6.92 Å². The van der Waals surface area contributed by atoms with E-state index in [1.165, 1.54) is 13.2 Å². The van der Waals surface area contributed by atoms with Gasteiger partial charge in [-0.15, -0.1) is 0 Å². The Kier molecular flexibility index (Phi) is 6.47. The SMILES string of the molecule is COc1cc(/C=C/C(=O)c2ccc(Cl)cc2)ccc1OC(=O)c1ccccc1C. The zero-order valence-corrected chi connectivity index (χ0v) is 16.8. The molecule has 29 heavy (non-hydrogen) atoms. The summed E-state index contributed by atoms with van der Waals surface area (Å²) in [7, 11) is 1.49. The number of benzene rings is 3. The highest BCUT2D eigenvalue weighted by atomic mass is 35.5. The van der Waals surface area contributed by atoms with E-state index >= 15 is 0 Å². The van der Waals surface area contributed by atoms with Crippen LogP contribution in [0.1, 0.15) is 31.8 Å². The molecule has 0 aliphatic rings. The van der Waals surface area contributed by atoms with Crippen molar-refractivity contribution in [2.24, 2.45) is 0 Å². The number of aryl methyl sites for hydroxylation is 1. The number of halogens is 1. The van der Waals surface area contributed by atoms with Gasteiger partial charge in [-0.2, -0.15) is 0 Å². The molecule has 0 aromatic heterocycles. The second-order valence-electron chi connectivity index (χ2n) is 6.32. The van der Waals surface area contributed by atoms with E-state index in [-0.39, 0.29) is 5.78 Å². The average molecular weight is 407 g/mol. The van der Waals surface area contributed by atoms with Gasteiger partial charge in [0.05, 0.1) is 12.7 Å². The predicted octanol–water partition coefficient (Wildman–Crippen LogP) is 5.77. The number of rotatable bonds is 6. The van der Waals surface area contributed by atoms with E-state index in [2.05, 4.69) is 0 Å². The first-order valence-corrected chi connectivity index (χ1v) is 9.29. The van der Waals surface area contributed by atoms with Crippen LogP contribution in [0.5, 0.6) is 11.5 Å². The Balaban J connectivity index is 1.76. The molecule has 0 N–H and O–H groups in total. The molecule has 5 heteroatoms. The van der Waals surface area contributed by atoms with Crippen molar-refractivity contribution in [2.75, 3.05) is 7.11 Å². The molecule has 0 aliphatic heterocycles. The highest BCUT2D eigenvalue weighted by Crippen LogP contribution is 2.29. The van der Waals surface area contributed by atoms with E-state index in [1.54, 1.807) is 60.7 Å². The summed E-state index contributed by atoms with van der Waals surface area (Å²) in [6.45, 7) is 1.85. The quantitative estimate of drug-likeness (QED) is 0.225. The van der Waals surface area contributed by atoms with E-state index < -0.39 is 5.97 Å². The van der Waals surface area contributed by atoms with Crippen LogP contribution in [0.25, 0.3) is 6.08 Å². The third kappa shape index (κ3) is 5.12. The number of esters is 1. The van der Waals surface area contributed by atoms with Crippen LogP contribution in [-0.2, 0) is 0 Å². The monoisotopic (exact) mass is 406 g/mol. The van der Waals surface area contributed by atoms with Crippen molar-refractivity contribution >= 4 is 29.4 Å². The summed E-state index contributed by atoms with van der Waals surface area (Å²) in [5.41, 5.74) is 2.60. The molecule has 3 rings (SSSR count). The fraction of sp³-hybridized carbons (Fsp3) is 0.0833. The fourth-order valence-corrected chi connectivity index (χ4v) is 2.84. The molecule has 3 aromatic rings. The molecule has 0 unspecified atom stereocenters. The van der Waals surface area contributed by atoms with Crippen LogP contribution in [0.2, 0.25) is 5.02 Å². The van der Waals surface area contributed by atoms with Gasteiger partial charge in [0, 0.05) is 10.6 Å². The van der Waals surface area contributed by atoms with E-state index in [4.69, 9.17) is 21.1 Å². The molecule has 0 saturated heterocycles. The van der Waals surface area contributed by atoms with Gasteiger partial charge >= 0.3 is 5.97 Å². The van der Waals surface area contributed by atoms with Crippen molar-refractivity contribution in [3.63, 3.8) is 0 Å². The normalized spacial score (nSPS) is 10.7. The Morgan fingerprint density at radius 3 is 2.34 bits per heavy atom. The first-order chi connectivity index (χ1) is 14.0. The van der Waals surface area contributed by atoms with E-state index in [9.17, 15) is 9.59 Å². The number of ketones is 1. The molecule has 0 radical (unpaired) electrons. The zero-order chi connectivity index (χ0) is 20.8. The topological polar surface area (TPSA) is 52.6 Å². The lowest BCUT2D eigenvalue weighted by Crippen LogP contribution is -2.10. The van der Waals surface area contributed by atoms with Crippen LogP contribution in [0.3, 0.4) is 0 Å². The number of hydrogen-bond donors (Lipinski definition) is 0. The first kappa shape index (κ1) is 20.4. The minimum Gasteiger partial charge on any atom is -0.493 e. The third-order valence-corrected chi connectivity index (χ3v) is 4.56. The number of carbonyl (C=O) groups excluding carboxylic acids is 2. The van der Waals surface area contributed by atoms with Crippen LogP contribution in [0, 0.1) is 6.92 Å². The molecule has 0 saturated carbocycles. The first-order valence-electron chi connectivity index (χ1n) is 8.92. The largest absolute Gasteiger partial charge is 0.493 e. The zero-order valence-electron chi connectivity index (χ0n) is 16.0. The van der Waals surface area contributed by atoms with Gasteiger partial charge in [-0.25, -0.2) is 4.79 Å². The Morgan fingerprint density at radius 2 is 1.66 bits per heavy atom. The maximum Gasteiger partial charge on any atom is 0.343 e. The lowest BCUT2D eigenvalue weighted by Gasteiger charge is -2.11. The highest BCUT2D eigenvalue weighted by Gasteiger charge is 2.14. The van der Waals surface area contributed by atoms with Gasteiger partial charge in [0.2, 0.25) is 0 Å². The molecular formula is C24H19ClO4. The number of hydrogen-bond acceptors (Lipinski definition) is 4. The highest BCUT2D eigenvalue weighted by molar-refractivity contribution is 6.30. The third-order valence-electron chi connectivity index (χ3n) is 4.31. The van der Waals surface area contributed by atoms with E-state index in [0.29, 0.717) is 27.6 Å². The lowest BCUT2D eigenvalue weighted by molar-refractivity contribution is 0.0728. The summed E-state index contributed by atoms with van der Waals surface area (Å²) in [6, 6.07) is 19.0. The van der Waals surface area contributed by atoms with Crippen molar-refractivity contribution in [1.29, 1.82) is 0 Å². The Hall–Kier alpha value is -3.37. The van der Waals surface area contributed by atoms with Crippen molar-refractivity contribution in [3.8, 4) is 11.5 Å². The molecule has 0 heterocycles. The molecule has 146 valence electrons. The number of ether oxygens (including phenoxy) is 2. The molecule has 0 fully saturated rings. The van der Waals surface area contributed by atoms with Gasteiger partial charge in [0.1, 0.15) is 0 Å². The summed E-state index contributed by atoms with van der Waals surface area (Å²) in [5, 5.41) is 0.575. The van der Waals surface area contributed by atoms with Gasteiger partial charge in [0.15, 0.2) is 17.3 Å². The maximum atomic E-state index is 12.4. The van der Waals surface area contributed by atoms with Gasteiger partial charge in [-0.1, -0.05) is 41.9 Å². The number of methoxy groups -OCH3 is 1. The Bertz CT molecular complexity index is 1070. The summed E-state index contributed by atoms with van der Waals surface area (Å²) >= 11 is 5.84. The Morgan fingerprint density at radius 1 is 0.931 bits per heavy atom. The molecule has 4 nitrogen and oxygen atoms in total. The predicted molar refractivity (Wildman–Crippen MR) is 114 cm³/mol. The van der Waals surface area contributed by atoms with Crippen LogP contribution in [-0.4, -0.2) is 18.9 Å². The van der Waals surface area contributed by atoms with Crippen LogP contribution in [0.4, 0.5) is 0 Å². The average Bonchev–Trinajstić information content (AvgIpc) is 2.73. The molecule has 0 amide bonds. The van der Waals surface area contributed by atoms with E-state index in [1.807, 2.05) is 19.1 Å². The van der Waals surface area contributed by atoms with Crippen molar-refractivity contribution in [1.82, 2.24) is 0 Å². The number of allylic oxidation sites excluding steroid dienone is 1. The summed E-state index contributed by atoms with van der Waals surface area (Å²) in [5.74, 6) is 0.105. The minimum absolute atomic E-state index is 0.143. The van der Waals surface area contributed by atoms with Gasteiger partial charge < -0.3 is 9.47 Å². The molecule has 0 bridgehead atoms. The summed E-state index contributed by atoms with van der Waals surface area (Å²) in [4.78, 5) is 24.7. The molecule has 0 atom stereocenters. The second kappa shape index (κ2) is 9.22. The summed E-state index contributed by atoms with van der Waals surface area (Å²) < 4.78 is 10.8. The van der Waals surface area contributed by atoms with E-state index in [0.717, 1.165) is 11.1 Å². The van der Waals surface area contributed by atoms with Crippen LogP contribution >= 0.6 is 11.6 Å². The maximum absolute atomic E-state index is 12.4. The summed E-state index contributed by atoms with van der Waals surface area (Å²) in [6.07, 6.45) is 3.14. The fourth-order valence-electron chi connectivity index (χ4n) is 2.71. The molecule has 3 aromatic carbocycles. The van der Waals surface area contributed by atoms with Crippen LogP contribution < -0.4 is 9.47 Å². The Labute approximate surface area is 174 Å². The van der Waals surface area contributed by atoms with Gasteiger partial charge in [-0.3, -0.25) is 4.79 Å². The number of carbonyl (C=O) groups is 2. The lowest BCUT2D eigenvalue weighted by atomic mass is 10.1. The second-order valence-corrected chi connectivity index (χ2v) is 6.76. The minimum atomic E-state index is -0.456. The van der Waals surface area contributed by atoms with Crippen molar-refractivity contribution in [3.05, 3.63) is 100 Å². The van der Waals surface area contributed by atoms with Crippen molar-refractivity contribution < 1.29 is 19.1 Å². The smallest absolute Gasteiger partial charge is 0.343 e. The van der Waals surface area contributed by atoms with Gasteiger partial charge in [-0.05, 0) is 66.6 Å². The molecular weight excluding hydrogens is 388 g/mol. The van der Waals surface area contributed by atoms with Crippen LogP contribution in [0.15, 0.2) is 72.8 Å². The molecule has 0 spiro atoms. The molecule has 0 aliphatic carbocycles.